The van der Waals surface area contributed by atoms with Crippen LogP contribution in [-0.4, -0.2) is 20.9 Å². The molecule has 1 aliphatic carbocycles. The second-order valence-corrected chi connectivity index (χ2v) is 5.74. The SMILES string of the molecule is CC1(C)C(Nc2nc(N)ncc2[N+](=O)[O-])C1(C)C. The van der Waals surface area contributed by atoms with Gasteiger partial charge in [0, 0.05) is 6.04 Å². The molecule has 0 unspecified atom stereocenters. The van der Waals surface area contributed by atoms with Crippen LogP contribution in [0.5, 0.6) is 0 Å². The van der Waals surface area contributed by atoms with E-state index in [1.165, 1.54) is 0 Å². The zero-order chi connectivity index (χ0) is 13.7. The number of hydrogen-bond acceptors (Lipinski definition) is 6. The summed E-state index contributed by atoms with van der Waals surface area (Å²) in [4.78, 5) is 18.0. The lowest BCUT2D eigenvalue weighted by Gasteiger charge is -2.07. The molecule has 1 aromatic heterocycles. The molecule has 1 aromatic rings. The summed E-state index contributed by atoms with van der Waals surface area (Å²) in [6, 6.07) is 0.123. The molecule has 0 bridgehead atoms. The lowest BCUT2D eigenvalue weighted by atomic mass is 10.0. The molecule has 0 radical (unpaired) electrons. The Morgan fingerprint density at radius 2 is 1.94 bits per heavy atom. The predicted molar refractivity (Wildman–Crippen MR) is 68.1 cm³/mol. The highest BCUT2D eigenvalue weighted by Gasteiger charge is 2.65. The van der Waals surface area contributed by atoms with E-state index < -0.39 is 4.92 Å². The van der Waals surface area contributed by atoms with Crippen LogP contribution in [0.15, 0.2) is 6.20 Å². The molecule has 1 heterocycles. The maximum atomic E-state index is 10.9. The highest BCUT2D eigenvalue weighted by molar-refractivity contribution is 5.58. The quantitative estimate of drug-likeness (QED) is 0.626. The Kier molecular flexibility index (Phi) is 2.46. The lowest BCUT2D eigenvalue weighted by Crippen LogP contribution is -2.14. The van der Waals surface area contributed by atoms with Crippen LogP contribution in [0.25, 0.3) is 0 Å². The highest BCUT2D eigenvalue weighted by atomic mass is 16.6. The molecule has 2 rings (SSSR count). The van der Waals surface area contributed by atoms with E-state index in [0.717, 1.165) is 6.20 Å². The summed E-state index contributed by atoms with van der Waals surface area (Å²) in [6.45, 7) is 8.45. The van der Waals surface area contributed by atoms with Gasteiger partial charge in [-0.15, -0.1) is 0 Å². The third-order valence-corrected chi connectivity index (χ3v) is 4.29. The molecule has 0 atom stereocenters. The summed E-state index contributed by atoms with van der Waals surface area (Å²) in [5, 5.41) is 14.0. The van der Waals surface area contributed by atoms with Gasteiger partial charge >= 0.3 is 5.69 Å². The lowest BCUT2D eigenvalue weighted by molar-refractivity contribution is -0.384. The molecule has 0 amide bonds. The van der Waals surface area contributed by atoms with Gasteiger partial charge in [0.1, 0.15) is 6.20 Å². The minimum absolute atomic E-state index is 0.0272. The number of nitrogen functional groups attached to an aromatic ring is 1. The smallest absolute Gasteiger partial charge is 0.329 e. The average molecular weight is 251 g/mol. The summed E-state index contributed by atoms with van der Waals surface area (Å²) >= 11 is 0. The van der Waals surface area contributed by atoms with Gasteiger partial charge in [0.2, 0.25) is 11.8 Å². The molecule has 3 N–H and O–H groups in total. The van der Waals surface area contributed by atoms with Crippen LogP contribution in [0, 0.1) is 20.9 Å². The number of aromatic nitrogens is 2. The first-order valence-corrected chi connectivity index (χ1v) is 5.71. The van der Waals surface area contributed by atoms with Gasteiger partial charge in [-0.1, -0.05) is 27.7 Å². The second-order valence-electron chi connectivity index (χ2n) is 5.74. The van der Waals surface area contributed by atoms with Gasteiger partial charge in [-0.2, -0.15) is 4.98 Å². The first kappa shape index (κ1) is 12.5. The minimum Gasteiger partial charge on any atom is -0.368 e. The van der Waals surface area contributed by atoms with Crippen molar-refractivity contribution in [2.75, 3.05) is 11.1 Å². The van der Waals surface area contributed by atoms with Gasteiger partial charge in [0.05, 0.1) is 4.92 Å². The molecule has 0 saturated heterocycles. The van der Waals surface area contributed by atoms with Crippen molar-refractivity contribution in [2.24, 2.45) is 10.8 Å². The van der Waals surface area contributed by atoms with E-state index in [0.29, 0.717) is 0 Å². The van der Waals surface area contributed by atoms with E-state index in [1.54, 1.807) is 0 Å². The summed E-state index contributed by atoms with van der Waals surface area (Å²) < 4.78 is 0. The van der Waals surface area contributed by atoms with Crippen LogP contribution in [0.1, 0.15) is 27.7 Å². The Morgan fingerprint density at radius 1 is 1.39 bits per heavy atom. The molecule has 7 heteroatoms. The van der Waals surface area contributed by atoms with Gasteiger partial charge in [-0.3, -0.25) is 10.1 Å². The van der Waals surface area contributed by atoms with Gasteiger partial charge in [0.25, 0.3) is 0 Å². The maximum absolute atomic E-state index is 10.9. The number of nitrogens with zero attached hydrogens (tertiary/aromatic N) is 3. The van der Waals surface area contributed by atoms with Crippen LogP contribution in [0.2, 0.25) is 0 Å². The molecule has 0 aromatic carbocycles. The van der Waals surface area contributed by atoms with Crippen molar-refractivity contribution >= 4 is 17.5 Å². The third kappa shape index (κ3) is 1.66. The Bertz CT molecular complexity index is 498. The van der Waals surface area contributed by atoms with Crippen molar-refractivity contribution in [2.45, 2.75) is 33.7 Å². The largest absolute Gasteiger partial charge is 0.368 e. The predicted octanol–water partition coefficient (Wildman–Crippen LogP) is 1.81. The number of nitrogens with one attached hydrogen (secondary N) is 1. The van der Waals surface area contributed by atoms with Crippen molar-refractivity contribution in [1.82, 2.24) is 9.97 Å². The number of nitrogens with two attached hydrogens (primary N) is 1. The van der Waals surface area contributed by atoms with E-state index in [1.807, 2.05) is 0 Å². The minimum atomic E-state index is -0.510. The number of anilines is 2. The second kappa shape index (κ2) is 3.54. The van der Waals surface area contributed by atoms with Gasteiger partial charge in [-0.25, -0.2) is 4.98 Å². The Morgan fingerprint density at radius 3 is 2.39 bits per heavy atom. The molecule has 7 nitrogen and oxygen atoms in total. The summed E-state index contributed by atoms with van der Waals surface area (Å²) in [6.07, 6.45) is 1.13. The molecular weight excluding hydrogens is 234 g/mol. The van der Waals surface area contributed by atoms with Crippen molar-refractivity contribution in [3.8, 4) is 0 Å². The van der Waals surface area contributed by atoms with Crippen LogP contribution < -0.4 is 11.1 Å². The van der Waals surface area contributed by atoms with Crippen LogP contribution in [-0.2, 0) is 0 Å². The van der Waals surface area contributed by atoms with E-state index in [4.69, 9.17) is 5.73 Å². The highest BCUT2D eigenvalue weighted by Crippen LogP contribution is 2.63. The molecule has 0 aliphatic heterocycles. The fraction of sp³-hybridized carbons (Fsp3) is 0.636. The van der Waals surface area contributed by atoms with E-state index in [-0.39, 0.29) is 34.3 Å². The van der Waals surface area contributed by atoms with Crippen molar-refractivity contribution < 1.29 is 4.92 Å². The summed E-state index contributed by atoms with van der Waals surface area (Å²) in [7, 11) is 0. The number of hydrogen-bond donors (Lipinski definition) is 2. The van der Waals surface area contributed by atoms with E-state index in [2.05, 4.69) is 43.0 Å². The summed E-state index contributed by atoms with van der Waals surface area (Å²) in [5.41, 5.74) is 5.44. The van der Waals surface area contributed by atoms with E-state index >= 15 is 0 Å². The summed E-state index contributed by atoms with van der Waals surface area (Å²) in [5.74, 6) is 0.218. The molecule has 1 fully saturated rings. The molecule has 18 heavy (non-hydrogen) atoms. The van der Waals surface area contributed by atoms with Crippen LogP contribution in [0.3, 0.4) is 0 Å². The average Bonchev–Trinajstić information content (AvgIpc) is 2.60. The fourth-order valence-electron chi connectivity index (χ4n) is 2.32. The first-order chi connectivity index (χ1) is 8.18. The first-order valence-electron chi connectivity index (χ1n) is 5.71. The van der Waals surface area contributed by atoms with E-state index in [9.17, 15) is 10.1 Å². The zero-order valence-electron chi connectivity index (χ0n) is 10.9. The molecular formula is C11H17N5O2. The van der Waals surface area contributed by atoms with Gasteiger partial charge in [-0.05, 0) is 10.8 Å². The molecule has 0 spiro atoms. The van der Waals surface area contributed by atoms with Crippen molar-refractivity contribution in [3.63, 3.8) is 0 Å². The van der Waals surface area contributed by atoms with Crippen LogP contribution >= 0.6 is 0 Å². The third-order valence-electron chi connectivity index (χ3n) is 4.29. The Labute approximate surface area is 105 Å². The van der Waals surface area contributed by atoms with Crippen LogP contribution in [0.4, 0.5) is 17.5 Å². The fourth-order valence-corrected chi connectivity index (χ4v) is 2.32. The number of rotatable bonds is 3. The van der Waals surface area contributed by atoms with Gasteiger partial charge < -0.3 is 11.1 Å². The Hall–Kier alpha value is -1.92. The monoisotopic (exact) mass is 251 g/mol. The normalized spacial score (nSPS) is 20.4. The standard InChI is InChI=1S/C11H17N5O2/c1-10(2)8(11(10,3)4)14-7-6(16(17)18)5-13-9(12)15-7/h5,8H,1-4H3,(H3,12,13,14,15). The van der Waals surface area contributed by atoms with Crippen molar-refractivity contribution in [1.29, 1.82) is 0 Å². The van der Waals surface area contributed by atoms with Crippen molar-refractivity contribution in [3.05, 3.63) is 16.3 Å². The molecule has 1 aliphatic rings. The molecule has 1 saturated carbocycles. The van der Waals surface area contributed by atoms with Gasteiger partial charge in [0.15, 0.2) is 0 Å². The number of nitro groups is 1. The zero-order valence-corrected chi connectivity index (χ0v) is 10.9. The topological polar surface area (TPSA) is 107 Å². The maximum Gasteiger partial charge on any atom is 0.329 e. The Balaban J connectivity index is 2.31. The molecule has 98 valence electrons.